The number of hydrogen-bond acceptors (Lipinski definition) is 8. The van der Waals surface area contributed by atoms with Crippen LogP contribution in [0.15, 0.2) is 0 Å². The number of carbonyl (C=O) groups is 4. The lowest BCUT2D eigenvalue weighted by Crippen LogP contribution is -2.27. The van der Waals surface area contributed by atoms with Crippen LogP contribution in [0.5, 0.6) is 0 Å². The predicted octanol–water partition coefficient (Wildman–Crippen LogP) is 5.55. The van der Waals surface area contributed by atoms with Crippen LogP contribution in [-0.2, 0) is 38.1 Å². The van der Waals surface area contributed by atoms with E-state index in [1.165, 1.54) is 64.7 Å². The Bertz CT molecular complexity index is 656. The van der Waals surface area contributed by atoms with Crippen molar-refractivity contribution < 1.29 is 38.1 Å². The molecule has 1 amide bonds. The summed E-state index contributed by atoms with van der Waals surface area (Å²) in [5.41, 5.74) is 0. The van der Waals surface area contributed by atoms with E-state index in [0.717, 1.165) is 25.7 Å². The molecular weight excluding hydrogens is 526 g/mol. The molecule has 0 rings (SSSR count). The number of ether oxygens (including phenoxy) is 4. The van der Waals surface area contributed by atoms with Crippen molar-refractivity contribution in [2.24, 2.45) is 0 Å². The minimum absolute atomic E-state index is 0.0151. The molecule has 0 saturated carbocycles. The summed E-state index contributed by atoms with van der Waals surface area (Å²) in [6, 6.07) is 0. The molecule has 0 aromatic heterocycles. The lowest BCUT2D eigenvalue weighted by Gasteiger charge is -2.08. The maximum Gasteiger partial charge on any atom is 0.220 e. The van der Waals surface area contributed by atoms with Gasteiger partial charge in [-0.25, -0.2) is 0 Å². The first-order chi connectivity index (χ1) is 20.0. The topological polar surface area (TPSA) is 117 Å². The zero-order valence-electron chi connectivity index (χ0n) is 26.2. The maximum atomic E-state index is 11.9. The third-order valence-electron chi connectivity index (χ3n) is 6.63. The van der Waals surface area contributed by atoms with Gasteiger partial charge in [-0.15, -0.1) is 0 Å². The number of amides is 1. The molecule has 0 atom stereocenters. The molecular formula is C32H59NO8. The van der Waals surface area contributed by atoms with Gasteiger partial charge in [-0.1, -0.05) is 71.1 Å². The van der Waals surface area contributed by atoms with E-state index in [9.17, 15) is 19.2 Å². The van der Waals surface area contributed by atoms with Crippen LogP contribution in [0.2, 0.25) is 0 Å². The zero-order chi connectivity index (χ0) is 30.2. The second-order valence-corrected chi connectivity index (χ2v) is 10.7. The summed E-state index contributed by atoms with van der Waals surface area (Å²) in [6.45, 7) is 6.45. The maximum absolute atomic E-state index is 11.9. The Morgan fingerprint density at radius 3 is 1.51 bits per heavy atom. The molecule has 0 aromatic rings. The molecule has 9 heteroatoms. The van der Waals surface area contributed by atoms with E-state index in [-0.39, 0.29) is 30.7 Å². The van der Waals surface area contributed by atoms with Gasteiger partial charge >= 0.3 is 0 Å². The summed E-state index contributed by atoms with van der Waals surface area (Å²) in [5.74, 6) is 0.470. The second-order valence-electron chi connectivity index (χ2n) is 10.7. The smallest absolute Gasteiger partial charge is 0.220 e. The fourth-order valence-electron chi connectivity index (χ4n) is 4.19. The largest absolute Gasteiger partial charge is 0.379 e. The Labute approximate surface area is 249 Å². The summed E-state index contributed by atoms with van der Waals surface area (Å²) in [6.07, 6.45) is 17.5. The second kappa shape index (κ2) is 31.3. The van der Waals surface area contributed by atoms with Gasteiger partial charge in [0.1, 0.15) is 19.0 Å². The van der Waals surface area contributed by atoms with Crippen LogP contribution < -0.4 is 5.32 Å². The third kappa shape index (κ3) is 32.7. The van der Waals surface area contributed by atoms with E-state index >= 15 is 0 Å². The monoisotopic (exact) mass is 585 g/mol. The Hall–Kier alpha value is -1.68. The molecule has 41 heavy (non-hydrogen) atoms. The number of Topliss-reactive ketones (excluding diaryl/α,β-unsaturated/α-hetero) is 3. The molecule has 0 radical (unpaired) electrons. The minimum atomic E-state index is -0.0151. The first-order valence-electron chi connectivity index (χ1n) is 16.1. The zero-order valence-corrected chi connectivity index (χ0v) is 26.2. The van der Waals surface area contributed by atoms with Crippen LogP contribution >= 0.6 is 0 Å². The molecule has 1 N–H and O–H groups in total. The van der Waals surface area contributed by atoms with E-state index in [4.69, 9.17) is 18.9 Å². The van der Waals surface area contributed by atoms with Gasteiger partial charge < -0.3 is 24.3 Å². The average molecular weight is 586 g/mol. The quantitative estimate of drug-likeness (QED) is 0.0997. The molecule has 9 nitrogen and oxygen atoms in total. The molecule has 0 aliphatic heterocycles. The van der Waals surface area contributed by atoms with Crippen molar-refractivity contribution >= 4 is 23.3 Å². The summed E-state index contributed by atoms with van der Waals surface area (Å²) >= 11 is 0. The predicted molar refractivity (Wildman–Crippen MR) is 161 cm³/mol. The van der Waals surface area contributed by atoms with Gasteiger partial charge in [0.2, 0.25) is 5.91 Å². The van der Waals surface area contributed by atoms with Crippen molar-refractivity contribution in [3.05, 3.63) is 0 Å². The van der Waals surface area contributed by atoms with Crippen molar-refractivity contribution in [2.45, 2.75) is 123 Å². The Morgan fingerprint density at radius 1 is 0.488 bits per heavy atom. The molecule has 0 saturated heterocycles. The molecule has 0 unspecified atom stereocenters. The summed E-state index contributed by atoms with van der Waals surface area (Å²) in [5, 5.41) is 2.88. The van der Waals surface area contributed by atoms with Crippen molar-refractivity contribution in [1.82, 2.24) is 5.32 Å². The Balaban J connectivity index is 3.27. The molecule has 0 heterocycles. The van der Waals surface area contributed by atoms with Crippen LogP contribution in [0.1, 0.15) is 123 Å². The molecule has 240 valence electrons. The summed E-state index contributed by atoms with van der Waals surface area (Å²) in [7, 11) is 0. The van der Waals surface area contributed by atoms with Gasteiger partial charge in [0, 0.05) is 38.8 Å². The van der Waals surface area contributed by atoms with Crippen LogP contribution in [0.4, 0.5) is 0 Å². The number of unbranched alkanes of at least 4 members (excludes halogenated alkanes) is 11. The fourth-order valence-corrected chi connectivity index (χ4v) is 4.19. The highest BCUT2D eigenvalue weighted by Crippen LogP contribution is 2.13. The summed E-state index contributed by atoms with van der Waals surface area (Å²) < 4.78 is 21.2. The summed E-state index contributed by atoms with van der Waals surface area (Å²) in [4.78, 5) is 45.7. The number of rotatable bonds is 33. The number of hydrogen-bond donors (Lipinski definition) is 1. The number of carbonyl (C=O) groups excluding carboxylic acids is 4. The third-order valence-corrected chi connectivity index (χ3v) is 6.63. The van der Waals surface area contributed by atoms with Crippen LogP contribution in [0.3, 0.4) is 0 Å². The first kappa shape index (κ1) is 39.3. The van der Waals surface area contributed by atoms with E-state index in [2.05, 4.69) is 5.32 Å². The molecule has 0 aliphatic carbocycles. The molecule has 0 bridgehead atoms. The van der Waals surface area contributed by atoms with E-state index in [0.29, 0.717) is 77.7 Å². The molecule has 0 fully saturated rings. The highest BCUT2D eigenvalue weighted by atomic mass is 16.5. The Morgan fingerprint density at radius 2 is 0.951 bits per heavy atom. The van der Waals surface area contributed by atoms with Crippen molar-refractivity contribution in [1.29, 1.82) is 0 Å². The van der Waals surface area contributed by atoms with Crippen LogP contribution in [-0.4, -0.2) is 82.7 Å². The van der Waals surface area contributed by atoms with Gasteiger partial charge in [-0.3, -0.25) is 19.2 Å². The fraction of sp³-hybridized carbons (Fsp3) is 0.875. The van der Waals surface area contributed by atoms with E-state index in [1.54, 1.807) is 0 Å². The van der Waals surface area contributed by atoms with Gasteiger partial charge in [0.15, 0.2) is 11.6 Å². The number of nitrogens with one attached hydrogen (secondary N) is 1. The van der Waals surface area contributed by atoms with Gasteiger partial charge in [-0.05, 0) is 26.2 Å². The van der Waals surface area contributed by atoms with Crippen molar-refractivity contribution in [3.8, 4) is 0 Å². The van der Waals surface area contributed by atoms with E-state index in [1.807, 2.05) is 6.92 Å². The van der Waals surface area contributed by atoms with Gasteiger partial charge in [0.25, 0.3) is 0 Å². The van der Waals surface area contributed by atoms with E-state index < -0.39 is 0 Å². The normalized spacial score (nSPS) is 11.1. The Kier molecular flexibility index (Phi) is 30.0. The first-order valence-corrected chi connectivity index (χ1v) is 16.1. The average Bonchev–Trinajstić information content (AvgIpc) is 2.95. The highest BCUT2D eigenvalue weighted by Gasteiger charge is 2.04. The van der Waals surface area contributed by atoms with Crippen LogP contribution in [0.25, 0.3) is 0 Å². The van der Waals surface area contributed by atoms with Crippen molar-refractivity contribution in [3.63, 3.8) is 0 Å². The molecule has 0 aromatic carbocycles. The lowest BCUT2D eigenvalue weighted by atomic mass is 10.0. The SMILES string of the molecule is CCC(=O)CCCCCCCCCCCCCCC(=O)NCCOCCOCC(=O)CCCOCCOCC(C)=O. The molecule has 0 spiro atoms. The standard InChI is InChI=1S/C32H59NO8/c1-3-30(35)17-14-12-10-8-6-4-5-7-9-11-13-15-19-32(37)33-20-22-39-24-26-41-28-31(36)18-16-21-38-23-25-40-27-29(2)34/h3-28H2,1-2H3,(H,33,37). The van der Waals surface area contributed by atoms with Gasteiger partial charge in [0.05, 0.1) is 33.0 Å². The van der Waals surface area contributed by atoms with Crippen molar-refractivity contribution in [2.75, 3.05) is 59.4 Å². The highest BCUT2D eigenvalue weighted by molar-refractivity contribution is 5.79. The number of ketones is 3. The minimum Gasteiger partial charge on any atom is -0.379 e. The lowest BCUT2D eigenvalue weighted by molar-refractivity contribution is -0.125. The molecule has 0 aliphatic rings. The van der Waals surface area contributed by atoms with Crippen LogP contribution in [0, 0.1) is 0 Å². The van der Waals surface area contributed by atoms with Gasteiger partial charge in [-0.2, -0.15) is 0 Å².